The second-order valence-electron chi connectivity index (χ2n) is 8.86. The van der Waals surface area contributed by atoms with Crippen molar-refractivity contribution in [1.29, 1.82) is 5.26 Å². The zero-order valence-electron chi connectivity index (χ0n) is 20.9. The minimum Gasteiger partial charge on any atom is -0.489 e. The fourth-order valence-corrected chi connectivity index (χ4v) is 4.25. The van der Waals surface area contributed by atoms with Crippen LogP contribution in [-0.4, -0.2) is 79.9 Å². The molecule has 1 amide bonds. The molecule has 0 N–H and O–H groups in total. The second-order valence-corrected chi connectivity index (χ2v) is 8.86. The standard InChI is InChI=1S/C26H29FN8O2/c1-19-16-33(18-24-6-7-25(15-29-24)37-12-9-27)10-11-34(19)26(36)8-5-22-4-3-21(14-28)13-23(22)17-35-31-20(2)30-32-35/h3-8,13,15,19H,9-12,16-18H2,1-2H3/b8-5+/t19-/m1/s1. The molecule has 3 heterocycles. The molecular formula is C26H29FN8O2. The second kappa shape index (κ2) is 12.2. The maximum atomic E-state index is 13.0. The molecule has 11 heteroatoms. The molecule has 0 unspecified atom stereocenters. The van der Waals surface area contributed by atoms with Gasteiger partial charge in [0, 0.05) is 38.3 Å². The van der Waals surface area contributed by atoms with E-state index in [2.05, 4.69) is 31.4 Å². The zero-order chi connectivity index (χ0) is 26.2. The monoisotopic (exact) mass is 504 g/mol. The molecule has 0 aliphatic carbocycles. The van der Waals surface area contributed by atoms with Crippen molar-refractivity contribution < 1.29 is 13.9 Å². The van der Waals surface area contributed by atoms with Gasteiger partial charge in [-0.1, -0.05) is 6.07 Å². The van der Waals surface area contributed by atoms with Gasteiger partial charge in [0.2, 0.25) is 5.91 Å². The molecule has 0 bridgehead atoms. The summed E-state index contributed by atoms with van der Waals surface area (Å²) in [6.07, 6.45) is 4.96. The lowest BCUT2D eigenvalue weighted by Crippen LogP contribution is -2.53. The van der Waals surface area contributed by atoms with Crippen LogP contribution in [0.4, 0.5) is 4.39 Å². The number of tetrazole rings is 1. The fraction of sp³-hybridized carbons (Fsp3) is 0.385. The molecular weight excluding hydrogens is 475 g/mol. The van der Waals surface area contributed by atoms with Crippen LogP contribution in [0.15, 0.2) is 42.6 Å². The molecule has 2 aromatic heterocycles. The molecule has 0 saturated carbocycles. The maximum Gasteiger partial charge on any atom is 0.246 e. The van der Waals surface area contributed by atoms with Crippen LogP contribution in [0.3, 0.4) is 0 Å². The number of benzene rings is 1. The third-order valence-electron chi connectivity index (χ3n) is 6.07. The Hall–Kier alpha value is -4.17. The molecule has 1 aliphatic rings. The van der Waals surface area contributed by atoms with Crippen molar-refractivity contribution in [3.8, 4) is 11.8 Å². The Morgan fingerprint density at radius 1 is 1.27 bits per heavy atom. The summed E-state index contributed by atoms with van der Waals surface area (Å²) in [5.74, 6) is 1.05. The van der Waals surface area contributed by atoms with E-state index in [0.29, 0.717) is 36.8 Å². The zero-order valence-corrected chi connectivity index (χ0v) is 20.9. The SMILES string of the molecule is Cc1nnn(Cc2cc(C#N)ccc2/C=C/C(=O)N2CCN(Cc3ccc(OCCF)cn3)C[C@H]2C)n1. The summed E-state index contributed by atoms with van der Waals surface area (Å²) in [6, 6.07) is 11.2. The highest BCUT2D eigenvalue weighted by molar-refractivity contribution is 5.92. The van der Waals surface area contributed by atoms with Crippen LogP contribution >= 0.6 is 0 Å². The van der Waals surface area contributed by atoms with Crippen LogP contribution in [-0.2, 0) is 17.9 Å². The molecule has 192 valence electrons. The number of hydrogen-bond acceptors (Lipinski definition) is 8. The molecule has 1 aliphatic heterocycles. The number of hydrogen-bond donors (Lipinski definition) is 0. The number of nitriles is 1. The Labute approximate surface area is 215 Å². The predicted molar refractivity (Wildman–Crippen MR) is 134 cm³/mol. The largest absolute Gasteiger partial charge is 0.489 e. The van der Waals surface area contributed by atoms with E-state index >= 15 is 0 Å². The summed E-state index contributed by atoms with van der Waals surface area (Å²) in [6.45, 7) is 6.34. The Morgan fingerprint density at radius 3 is 2.81 bits per heavy atom. The molecule has 3 aromatic rings. The van der Waals surface area contributed by atoms with Gasteiger partial charge in [0.25, 0.3) is 0 Å². The first-order valence-electron chi connectivity index (χ1n) is 12.1. The highest BCUT2D eigenvalue weighted by Crippen LogP contribution is 2.18. The summed E-state index contributed by atoms with van der Waals surface area (Å²) >= 11 is 0. The summed E-state index contributed by atoms with van der Waals surface area (Å²) < 4.78 is 17.5. The van der Waals surface area contributed by atoms with Crippen LogP contribution in [0.5, 0.6) is 5.75 Å². The first-order chi connectivity index (χ1) is 17.9. The molecule has 1 aromatic carbocycles. The number of rotatable bonds is 9. The Bertz CT molecular complexity index is 1280. The topological polar surface area (TPSA) is 113 Å². The number of ether oxygens (including phenoxy) is 1. The van der Waals surface area contributed by atoms with Crippen LogP contribution < -0.4 is 4.74 Å². The lowest BCUT2D eigenvalue weighted by molar-refractivity contribution is -0.130. The Morgan fingerprint density at radius 2 is 2.14 bits per heavy atom. The average molecular weight is 505 g/mol. The molecule has 1 saturated heterocycles. The Balaban J connectivity index is 1.36. The van der Waals surface area contributed by atoms with Gasteiger partial charge >= 0.3 is 0 Å². The number of nitrogens with zero attached hydrogens (tertiary/aromatic N) is 8. The molecule has 1 atom stereocenters. The smallest absolute Gasteiger partial charge is 0.246 e. The van der Waals surface area contributed by atoms with E-state index in [0.717, 1.165) is 29.9 Å². The summed E-state index contributed by atoms with van der Waals surface area (Å²) in [4.78, 5) is 23.0. The van der Waals surface area contributed by atoms with Gasteiger partial charge in [-0.15, -0.1) is 10.2 Å². The maximum absolute atomic E-state index is 13.0. The third kappa shape index (κ3) is 6.95. The third-order valence-corrected chi connectivity index (χ3v) is 6.07. The van der Waals surface area contributed by atoms with Crippen molar-refractivity contribution >= 4 is 12.0 Å². The molecule has 4 rings (SSSR count). The van der Waals surface area contributed by atoms with E-state index in [-0.39, 0.29) is 18.6 Å². The Kier molecular flexibility index (Phi) is 8.53. The summed E-state index contributed by atoms with van der Waals surface area (Å²) in [7, 11) is 0. The minimum absolute atomic E-state index is 0.0220. The summed E-state index contributed by atoms with van der Waals surface area (Å²) in [5, 5.41) is 21.4. The first-order valence-corrected chi connectivity index (χ1v) is 12.1. The molecule has 37 heavy (non-hydrogen) atoms. The van der Waals surface area contributed by atoms with Gasteiger partial charge in [0.05, 0.1) is 30.1 Å². The van der Waals surface area contributed by atoms with Gasteiger partial charge in [-0.2, -0.15) is 10.1 Å². The fourth-order valence-electron chi connectivity index (χ4n) is 4.25. The highest BCUT2D eigenvalue weighted by Gasteiger charge is 2.26. The number of carbonyl (C=O) groups excluding carboxylic acids is 1. The molecule has 0 radical (unpaired) electrons. The van der Waals surface area contributed by atoms with E-state index in [9.17, 15) is 14.4 Å². The van der Waals surface area contributed by atoms with Gasteiger partial charge < -0.3 is 9.64 Å². The van der Waals surface area contributed by atoms with E-state index in [1.54, 1.807) is 43.5 Å². The van der Waals surface area contributed by atoms with Crippen molar-refractivity contribution in [1.82, 2.24) is 35.0 Å². The van der Waals surface area contributed by atoms with E-state index in [1.165, 1.54) is 4.80 Å². The van der Waals surface area contributed by atoms with Crippen molar-refractivity contribution in [2.45, 2.75) is 33.0 Å². The number of amides is 1. The lowest BCUT2D eigenvalue weighted by Gasteiger charge is -2.39. The number of pyridine rings is 1. The van der Waals surface area contributed by atoms with Gasteiger partial charge in [-0.25, -0.2) is 4.39 Å². The number of alkyl halides is 1. The van der Waals surface area contributed by atoms with Gasteiger partial charge in [0.15, 0.2) is 5.82 Å². The van der Waals surface area contributed by atoms with E-state index < -0.39 is 6.67 Å². The molecule has 1 fully saturated rings. The summed E-state index contributed by atoms with van der Waals surface area (Å²) in [5.41, 5.74) is 3.06. The van der Waals surface area contributed by atoms with E-state index in [4.69, 9.17) is 4.74 Å². The van der Waals surface area contributed by atoms with Crippen molar-refractivity contribution in [3.05, 3.63) is 70.8 Å². The predicted octanol–water partition coefficient (Wildman–Crippen LogP) is 2.39. The lowest BCUT2D eigenvalue weighted by atomic mass is 10.0. The van der Waals surface area contributed by atoms with Crippen LogP contribution in [0, 0.1) is 18.3 Å². The number of halogens is 1. The number of carbonyl (C=O) groups is 1. The van der Waals surface area contributed by atoms with Crippen LogP contribution in [0.2, 0.25) is 0 Å². The average Bonchev–Trinajstić information content (AvgIpc) is 3.31. The molecule has 0 spiro atoms. The van der Waals surface area contributed by atoms with Crippen molar-refractivity contribution in [3.63, 3.8) is 0 Å². The van der Waals surface area contributed by atoms with Crippen LogP contribution in [0.1, 0.15) is 35.1 Å². The van der Waals surface area contributed by atoms with Gasteiger partial charge in [0.1, 0.15) is 19.0 Å². The molecule has 10 nitrogen and oxygen atoms in total. The van der Waals surface area contributed by atoms with Gasteiger partial charge in [-0.3, -0.25) is 14.7 Å². The van der Waals surface area contributed by atoms with Gasteiger partial charge in [-0.05, 0) is 60.5 Å². The van der Waals surface area contributed by atoms with Crippen LogP contribution in [0.25, 0.3) is 6.08 Å². The normalized spacial score (nSPS) is 16.2. The highest BCUT2D eigenvalue weighted by atomic mass is 19.1. The van der Waals surface area contributed by atoms with Crippen molar-refractivity contribution in [2.75, 3.05) is 32.9 Å². The van der Waals surface area contributed by atoms with Crippen molar-refractivity contribution in [2.24, 2.45) is 0 Å². The number of aryl methyl sites for hydroxylation is 1. The number of aromatic nitrogens is 5. The first kappa shape index (κ1) is 25.9. The van der Waals surface area contributed by atoms with E-state index in [1.807, 2.05) is 24.0 Å². The minimum atomic E-state index is -0.535. The number of piperazine rings is 1. The quantitative estimate of drug-likeness (QED) is 0.408.